The summed E-state index contributed by atoms with van der Waals surface area (Å²) in [6.45, 7) is 7.68. The van der Waals surface area contributed by atoms with Crippen LogP contribution in [0.25, 0.3) is 10.2 Å². The zero-order chi connectivity index (χ0) is 21.5. The predicted octanol–water partition coefficient (Wildman–Crippen LogP) is 5.19. The van der Waals surface area contributed by atoms with Crippen molar-refractivity contribution >= 4 is 55.5 Å². The summed E-state index contributed by atoms with van der Waals surface area (Å²) in [5, 5.41) is 10.1. The molecule has 0 spiro atoms. The van der Waals surface area contributed by atoms with Crippen molar-refractivity contribution in [2.45, 2.75) is 33.4 Å². The Morgan fingerprint density at radius 3 is 2.94 bits per heavy atom. The highest BCUT2D eigenvalue weighted by atomic mass is 35.5. The number of amides is 1. The molecule has 0 bridgehead atoms. The lowest BCUT2D eigenvalue weighted by atomic mass is 10.2. The fourth-order valence-corrected chi connectivity index (χ4v) is 6.15. The average Bonchev–Trinajstić information content (AvgIpc) is 3.44. The summed E-state index contributed by atoms with van der Waals surface area (Å²) in [5.41, 5.74) is 3.02. The van der Waals surface area contributed by atoms with Crippen LogP contribution in [0.5, 0.6) is 0 Å². The molecule has 31 heavy (non-hydrogen) atoms. The van der Waals surface area contributed by atoms with E-state index in [0.29, 0.717) is 21.6 Å². The first-order chi connectivity index (χ1) is 15.0. The Morgan fingerprint density at radius 2 is 2.13 bits per heavy atom. The third-order valence-electron chi connectivity index (χ3n) is 5.59. The van der Waals surface area contributed by atoms with Crippen LogP contribution < -0.4 is 5.32 Å². The van der Waals surface area contributed by atoms with Crippen LogP contribution in [0.3, 0.4) is 0 Å². The lowest BCUT2D eigenvalue weighted by molar-refractivity contribution is 0.103. The first kappa shape index (κ1) is 20.6. The van der Waals surface area contributed by atoms with Gasteiger partial charge in [-0.15, -0.1) is 22.7 Å². The monoisotopic (exact) mass is 471 g/mol. The summed E-state index contributed by atoms with van der Waals surface area (Å²) in [5.74, 6) is -0.122. The SMILES string of the molecule is CCN1CCc2nc(NC(=O)c3cc4c(C)nn(Cc5ccccc5Cl)c4s3)sc2C1. The third-order valence-corrected chi connectivity index (χ3v) is 8.10. The van der Waals surface area contributed by atoms with Gasteiger partial charge in [-0.25, -0.2) is 4.98 Å². The van der Waals surface area contributed by atoms with E-state index in [-0.39, 0.29) is 5.91 Å². The standard InChI is InChI=1S/C22H22ClN5OS2/c1-3-27-9-8-17-19(12-27)31-22(24-17)25-20(29)18-10-15-13(2)26-28(21(15)30-18)11-14-6-4-5-7-16(14)23/h4-7,10H,3,8-9,11-12H2,1-2H3,(H,24,25,29). The number of benzene rings is 1. The minimum Gasteiger partial charge on any atom is -0.298 e. The van der Waals surface area contributed by atoms with Crippen LogP contribution in [0.2, 0.25) is 5.02 Å². The van der Waals surface area contributed by atoms with Crippen molar-refractivity contribution in [3.05, 3.63) is 62.1 Å². The van der Waals surface area contributed by atoms with Crippen molar-refractivity contribution in [2.75, 3.05) is 18.4 Å². The second kappa shape index (κ2) is 8.35. The summed E-state index contributed by atoms with van der Waals surface area (Å²) in [6, 6.07) is 9.68. The van der Waals surface area contributed by atoms with Gasteiger partial charge in [0.25, 0.3) is 5.91 Å². The fraction of sp³-hybridized carbons (Fsp3) is 0.318. The molecule has 0 unspecified atom stereocenters. The summed E-state index contributed by atoms with van der Waals surface area (Å²) < 4.78 is 1.93. The molecule has 5 rings (SSSR count). The number of halogens is 1. The van der Waals surface area contributed by atoms with E-state index in [1.165, 1.54) is 16.2 Å². The van der Waals surface area contributed by atoms with Crippen LogP contribution in [0.4, 0.5) is 5.13 Å². The maximum Gasteiger partial charge on any atom is 0.267 e. The largest absolute Gasteiger partial charge is 0.298 e. The van der Waals surface area contributed by atoms with Gasteiger partial charge >= 0.3 is 0 Å². The number of hydrogen-bond donors (Lipinski definition) is 1. The molecule has 0 radical (unpaired) electrons. The Bertz CT molecular complexity index is 1270. The van der Waals surface area contributed by atoms with Gasteiger partial charge in [0.15, 0.2) is 5.13 Å². The highest BCUT2D eigenvalue weighted by Crippen LogP contribution is 2.32. The van der Waals surface area contributed by atoms with Crippen molar-refractivity contribution < 1.29 is 4.79 Å². The van der Waals surface area contributed by atoms with E-state index in [1.807, 2.05) is 41.9 Å². The van der Waals surface area contributed by atoms with Gasteiger partial charge in [-0.1, -0.05) is 36.7 Å². The van der Waals surface area contributed by atoms with E-state index in [0.717, 1.165) is 53.2 Å². The molecule has 4 heterocycles. The second-order valence-corrected chi connectivity index (χ2v) is 10.1. The summed E-state index contributed by atoms with van der Waals surface area (Å²) in [6.07, 6.45) is 0.940. The predicted molar refractivity (Wildman–Crippen MR) is 128 cm³/mol. The molecule has 0 saturated carbocycles. The van der Waals surface area contributed by atoms with Crippen LogP contribution in [-0.2, 0) is 19.5 Å². The van der Waals surface area contributed by atoms with Gasteiger partial charge in [-0.05, 0) is 31.2 Å². The Hall–Kier alpha value is -2.26. The Morgan fingerprint density at radius 1 is 1.29 bits per heavy atom. The lowest BCUT2D eigenvalue weighted by Gasteiger charge is -2.23. The van der Waals surface area contributed by atoms with Gasteiger partial charge in [0.2, 0.25) is 0 Å². The molecule has 1 amide bonds. The van der Waals surface area contributed by atoms with Gasteiger partial charge in [0.1, 0.15) is 4.83 Å². The Labute approximate surface area is 193 Å². The maximum absolute atomic E-state index is 13.0. The van der Waals surface area contributed by atoms with Crippen LogP contribution in [0.1, 0.15) is 38.4 Å². The lowest BCUT2D eigenvalue weighted by Crippen LogP contribution is -2.29. The molecular formula is C22H22ClN5OS2. The second-order valence-electron chi connectivity index (χ2n) is 7.63. The molecule has 3 aromatic heterocycles. The molecule has 1 aliphatic rings. The third kappa shape index (κ3) is 4.01. The van der Waals surface area contributed by atoms with E-state index < -0.39 is 0 Å². The van der Waals surface area contributed by atoms with Gasteiger partial charge < -0.3 is 0 Å². The smallest absolute Gasteiger partial charge is 0.267 e. The maximum atomic E-state index is 13.0. The van der Waals surface area contributed by atoms with Crippen LogP contribution >= 0.6 is 34.3 Å². The fourth-order valence-electron chi connectivity index (χ4n) is 3.85. The Kier molecular flexibility index (Phi) is 5.56. The van der Waals surface area contributed by atoms with Crippen LogP contribution in [0, 0.1) is 6.92 Å². The summed E-state index contributed by atoms with van der Waals surface area (Å²) in [7, 11) is 0. The van der Waals surface area contributed by atoms with E-state index in [4.69, 9.17) is 11.6 Å². The molecule has 0 fully saturated rings. The Balaban J connectivity index is 1.38. The minimum absolute atomic E-state index is 0.122. The van der Waals surface area contributed by atoms with Crippen molar-refractivity contribution in [1.82, 2.24) is 19.7 Å². The number of fused-ring (bicyclic) bond motifs is 2. The quantitative estimate of drug-likeness (QED) is 0.434. The first-order valence-electron chi connectivity index (χ1n) is 10.2. The van der Waals surface area contributed by atoms with E-state index in [2.05, 4.69) is 27.2 Å². The van der Waals surface area contributed by atoms with Gasteiger partial charge in [-0.3, -0.25) is 19.7 Å². The minimum atomic E-state index is -0.122. The van der Waals surface area contributed by atoms with Crippen molar-refractivity contribution in [2.24, 2.45) is 0 Å². The molecule has 1 aromatic carbocycles. The molecule has 1 N–H and O–H groups in total. The zero-order valence-electron chi connectivity index (χ0n) is 17.3. The molecule has 0 saturated heterocycles. The molecular weight excluding hydrogens is 450 g/mol. The number of anilines is 1. The molecule has 0 atom stereocenters. The number of thiophene rings is 1. The number of aromatic nitrogens is 3. The number of hydrogen-bond acceptors (Lipinski definition) is 6. The molecule has 0 aliphatic carbocycles. The molecule has 4 aromatic rings. The summed E-state index contributed by atoms with van der Waals surface area (Å²) >= 11 is 9.36. The topological polar surface area (TPSA) is 63.1 Å². The van der Waals surface area contributed by atoms with Gasteiger partial charge in [-0.2, -0.15) is 5.10 Å². The van der Waals surface area contributed by atoms with E-state index in [9.17, 15) is 4.79 Å². The number of aryl methyl sites for hydroxylation is 1. The van der Waals surface area contributed by atoms with Crippen LogP contribution in [-0.4, -0.2) is 38.7 Å². The average molecular weight is 472 g/mol. The number of carbonyl (C=O) groups excluding carboxylic acids is 1. The summed E-state index contributed by atoms with van der Waals surface area (Å²) in [4.78, 5) is 22.9. The van der Waals surface area contributed by atoms with Gasteiger partial charge in [0, 0.05) is 34.8 Å². The van der Waals surface area contributed by atoms with Crippen molar-refractivity contribution in [1.29, 1.82) is 0 Å². The van der Waals surface area contributed by atoms with Crippen LogP contribution in [0.15, 0.2) is 30.3 Å². The molecule has 9 heteroatoms. The number of rotatable bonds is 5. The highest BCUT2D eigenvalue weighted by Gasteiger charge is 2.22. The highest BCUT2D eigenvalue weighted by molar-refractivity contribution is 7.20. The van der Waals surface area contributed by atoms with Crippen molar-refractivity contribution in [3.63, 3.8) is 0 Å². The zero-order valence-corrected chi connectivity index (χ0v) is 19.7. The number of nitrogens with zero attached hydrogens (tertiary/aromatic N) is 4. The normalized spacial score (nSPS) is 14.2. The van der Waals surface area contributed by atoms with Crippen molar-refractivity contribution in [3.8, 4) is 0 Å². The first-order valence-corrected chi connectivity index (χ1v) is 12.3. The van der Waals surface area contributed by atoms with E-state index >= 15 is 0 Å². The number of nitrogens with one attached hydrogen (secondary N) is 1. The van der Waals surface area contributed by atoms with E-state index in [1.54, 1.807) is 11.3 Å². The number of carbonyl (C=O) groups is 1. The van der Waals surface area contributed by atoms with Gasteiger partial charge in [0.05, 0.1) is 22.8 Å². The molecule has 160 valence electrons. The molecule has 1 aliphatic heterocycles. The number of likely N-dealkylation sites (N-methyl/N-ethyl adjacent to an activating group) is 1. The molecule has 6 nitrogen and oxygen atoms in total. The number of thiazole rings is 1.